The maximum atomic E-state index is 12.5. The Morgan fingerprint density at radius 2 is 1.88 bits per heavy atom. The molecule has 0 bridgehead atoms. The molecule has 3 N–H and O–H groups in total. The molecule has 0 saturated carbocycles. The molecule has 0 aliphatic heterocycles. The quantitative estimate of drug-likeness (QED) is 0.694. The van der Waals surface area contributed by atoms with E-state index in [0.29, 0.717) is 5.56 Å². The number of carboxylic acids is 1. The maximum absolute atomic E-state index is 12.5. The van der Waals surface area contributed by atoms with Gasteiger partial charge in [0.25, 0.3) is 5.91 Å². The number of aryl methyl sites for hydroxylation is 1. The van der Waals surface area contributed by atoms with Crippen LogP contribution in [-0.2, 0) is 11.3 Å². The first-order chi connectivity index (χ1) is 12.3. The van der Waals surface area contributed by atoms with Crippen LogP contribution in [0, 0.1) is 12.8 Å². The minimum Gasteiger partial charge on any atom is -0.477 e. The first kappa shape index (κ1) is 19.7. The normalized spacial score (nSPS) is 11.8. The van der Waals surface area contributed by atoms with Crippen molar-refractivity contribution >= 4 is 29.1 Å². The van der Waals surface area contributed by atoms with Crippen LogP contribution < -0.4 is 10.6 Å². The second-order valence-corrected chi connectivity index (χ2v) is 7.52. The molecule has 7 heteroatoms. The summed E-state index contributed by atoms with van der Waals surface area (Å²) in [4.78, 5) is 36.8. The van der Waals surface area contributed by atoms with Gasteiger partial charge in [0.1, 0.15) is 10.9 Å². The highest BCUT2D eigenvalue weighted by Crippen LogP contribution is 2.16. The molecule has 1 aromatic heterocycles. The van der Waals surface area contributed by atoms with E-state index in [1.54, 1.807) is 24.3 Å². The van der Waals surface area contributed by atoms with Crippen LogP contribution in [0.25, 0.3) is 0 Å². The van der Waals surface area contributed by atoms with E-state index in [1.807, 2.05) is 26.8 Å². The highest BCUT2D eigenvalue weighted by molar-refractivity contribution is 7.13. The standard InChI is InChI=1S/C19H22N2O4S/c1-11(2)16(21-17(22)13-6-4-5-12(3)9-13)18(23)20-10-14-7-8-15(26-14)19(24)25/h4-9,11,16H,10H2,1-3H3,(H,20,23)(H,21,22)(H,24,25). The first-order valence-corrected chi connectivity index (χ1v) is 9.07. The van der Waals surface area contributed by atoms with Gasteiger partial charge in [-0.05, 0) is 37.1 Å². The number of nitrogens with one attached hydrogen (secondary N) is 2. The highest BCUT2D eigenvalue weighted by atomic mass is 32.1. The topological polar surface area (TPSA) is 95.5 Å². The predicted octanol–water partition coefficient (Wildman–Crippen LogP) is 2.83. The van der Waals surface area contributed by atoms with Gasteiger partial charge in [-0.3, -0.25) is 9.59 Å². The summed E-state index contributed by atoms with van der Waals surface area (Å²) in [6, 6.07) is 9.67. The summed E-state index contributed by atoms with van der Waals surface area (Å²) in [6.07, 6.45) is 0. The van der Waals surface area contributed by atoms with Crippen LogP contribution in [0.1, 0.15) is 44.3 Å². The van der Waals surface area contributed by atoms with Gasteiger partial charge in [0.15, 0.2) is 0 Å². The van der Waals surface area contributed by atoms with Crippen LogP contribution in [-0.4, -0.2) is 28.9 Å². The van der Waals surface area contributed by atoms with Gasteiger partial charge in [-0.1, -0.05) is 31.5 Å². The number of benzene rings is 1. The smallest absolute Gasteiger partial charge is 0.345 e. The lowest BCUT2D eigenvalue weighted by atomic mass is 10.0. The number of amides is 2. The fourth-order valence-corrected chi connectivity index (χ4v) is 3.20. The number of hydrogen-bond acceptors (Lipinski definition) is 4. The van der Waals surface area contributed by atoms with Gasteiger partial charge >= 0.3 is 5.97 Å². The van der Waals surface area contributed by atoms with Gasteiger partial charge in [-0.15, -0.1) is 11.3 Å². The molecule has 6 nitrogen and oxygen atoms in total. The van der Waals surface area contributed by atoms with Crippen LogP contribution >= 0.6 is 11.3 Å². The molecule has 0 fully saturated rings. The number of rotatable bonds is 7. The Bertz CT molecular complexity index is 813. The third-order valence-electron chi connectivity index (χ3n) is 3.83. The maximum Gasteiger partial charge on any atom is 0.345 e. The van der Waals surface area contributed by atoms with E-state index in [0.717, 1.165) is 21.8 Å². The average molecular weight is 374 g/mol. The van der Waals surface area contributed by atoms with Crippen molar-refractivity contribution in [2.75, 3.05) is 0 Å². The Balaban J connectivity index is 2.00. The molecular weight excluding hydrogens is 352 g/mol. The van der Waals surface area contributed by atoms with Crippen LogP contribution in [0.5, 0.6) is 0 Å². The average Bonchev–Trinajstić information content (AvgIpc) is 3.06. The van der Waals surface area contributed by atoms with E-state index in [9.17, 15) is 14.4 Å². The molecule has 2 amide bonds. The number of aromatic carboxylic acids is 1. The molecule has 2 rings (SSSR count). The van der Waals surface area contributed by atoms with Crippen molar-refractivity contribution in [2.24, 2.45) is 5.92 Å². The molecule has 1 heterocycles. The van der Waals surface area contributed by atoms with E-state index in [4.69, 9.17) is 5.11 Å². The number of hydrogen-bond donors (Lipinski definition) is 3. The van der Waals surface area contributed by atoms with E-state index in [2.05, 4.69) is 10.6 Å². The van der Waals surface area contributed by atoms with E-state index < -0.39 is 12.0 Å². The number of carbonyl (C=O) groups is 3. The summed E-state index contributed by atoms with van der Waals surface area (Å²) in [5.41, 5.74) is 1.47. The minimum atomic E-state index is -0.988. The molecule has 0 aliphatic carbocycles. The van der Waals surface area contributed by atoms with E-state index in [-0.39, 0.29) is 29.2 Å². The predicted molar refractivity (Wildman–Crippen MR) is 100 cm³/mol. The van der Waals surface area contributed by atoms with Crippen molar-refractivity contribution in [3.8, 4) is 0 Å². The Kier molecular flexibility index (Phi) is 6.52. The molecule has 26 heavy (non-hydrogen) atoms. The van der Waals surface area contributed by atoms with Gasteiger partial charge in [-0.25, -0.2) is 4.79 Å². The number of carboxylic acid groups (broad SMARTS) is 1. The van der Waals surface area contributed by atoms with Gasteiger partial charge in [0.05, 0.1) is 6.54 Å². The molecule has 0 spiro atoms. The molecule has 138 valence electrons. The van der Waals surface area contributed by atoms with Crippen LogP contribution in [0.2, 0.25) is 0 Å². The van der Waals surface area contributed by atoms with Crippen molar-refractivity contribution in [3.05, 3.63) is 57.3 Å². The van der Waals surface area contributed by atoms with Crippen LogP contribution in [0.15, 0.2) is 36.4 Å². The van der Waals surface area contributed by atoms with Crippen molar-refractivity contribution in [1.82, 2.24) is 10.6 Å². The van der Waals surface area contributed by atoms with Crippen molar-refractivity contribution in [2.45, 2.75) is 33.4 Å². The largest absolute Gasteiger partial charge is 0.477 e. The number of thiophene rings is 1. The SMILES string of the molecule is Cc1cccc(C(=O)NC(C(=O)NCc2ccc(C(=O)O)s2)C(C)C)c1. The van der Waals surface area contributed by atoms with E-state index in [1.165, 1.54) is 6.07 Å². The third kappa shape index (κ3) is 5.16. The fourth-order valence-electron chi connectivity index (χ4n) is 2.42. The second-order valence-electron chi connectivity index (χ2n) is 6.35. The number of carbonyl (C=O) groups excluding carboxylic acids is 2. The Morgan fingerprint density at radius 3 is 2.46 bits per heavy atom. The summed E-state index contributed by atoms with van der Waals surface area (Å²) >= 11 is 1.11. The molecule has 0 radical (unpaired) electrons. The Labute approximate surface area is 156 Å². The summed E-state index contributed by atoms with van der Waals surface area (Å²) in [7, 11) is 0. The molecule has 1 atom stereocenters. The van der Waals surface area contributed by atoms with Gasteiger partial charge in [0, 0.05) is 10.4 Å². The van der Waals surface area contributed by atoms with Crippen molar-refractivity contribution in [3.63, 3.8) is 0 Å². The Hall–Kier alpha value is -2.67. The monoisotopic (exact) mass is 374 g/mol. The summed E-state index contributed by atoms with van der Waals surface area (Å²) in [6.45, 7) is 5.83. The molecule has 0 saturated heterocycles. The highest BCUT2D eigenvalue weighted by Gasteiger charge is 2.24. The lowest BCUT2D eigenvalue weighted by Gasteiger charge is -2.21. The Morgan fingerprint density at radius 1 is 1.15 bits per heavy atom. The van der Waals surface area contributed by atoms with Crippen molar-refractivity contribution < 1.29 is 19.5 Å². The zero-order chi connectivity index (χ0) is 19.3. The second kappa shape index (κ2) is 8.62. The van der Waals surface area contributed by atoms with Gasteiger partial charge < -0.3 is 15.7 Å². The van der Waals surface area contributed by atoms with Crippen LogP contribution in [0.4, 0.5) is 0 Å². The van der Waals surface area contributed by atoms with E-state index >= 15 is 0 Å². The third-order valence-corrected chi connectivity index (χ3v) is 4.90. The lowest BCUT2D eigenvalue weighted by molar-refractivity contribution is -0.124. The van der Waals surface area contributed by atoms with Crippen LogP contribution in [0.3, 0.4) is 0 Å². The summed E-state index contributed by atoms with van der Waals surface area (Å²) < 4.78 is 0. The van der Waals surface area contributed by atoms with Gasteiger partial charge in [0.2, 0.25) is 5.91 Å². The molecule has 0 aliphatic rings. The zero-order valence-electron chi connectivity index (χ0n) is 14.9. The summed E-state index contributed by atoms with van der Waals surface area (Å²) in [5.74, 6) is -1.68. The zero-order valence-corrected chi connectivity index (χ0v) is 15.7. The molecule has 2 aromatic rings. The molecular formula is C19H22N2O4S. The minimum absolute atomic E-state index is 0.0957. The lowest BCUT2D eigenvalue weighted by Crippen LogP contribution is -2.49. The van der Waals surface area contributed by atoms with Gasteiger partial charge in [-0.2, -0.15) is 0 Å². The fraction of sp³-hybridized carbons (Fsp3) is 0.316. The summed E-state index contributed by atoms with van der Waals surface area (Å²) in [5, 5.41) is 14.5. The van der Waals surface area contributed by atoms with Crippen molar-refractivity contribution in [1.29, 1.82) is 0 Å². The molecule has 1 aromatic carbocycles. The first-order valence-electron chi connectivity index (χ1n) is 8.25. The molecule has 1 unspecified atom stereocenters.